The quantitative estimate of drug-likeness (QED) is 0.865. The van der Waals surface area contributed by atoms with E-state index in [-0.39, 0.29) is 5.54 Å². The number of anilines is 1. The summed E-state index contributed by atoms with van der Waals surface area (Å²) in [5.74, 6) is 0.632. The monoisotopic (exact) mass is 282 g/mol. The third-order valence-electron chi connectivity index (χ3n) is 2.94. The molecule has 3 heteroatoms. The molecule has 1 rings (SSSR count). The highest BCUT2D eigenvalue weighted by Crippen LogP contribution is 2.27. The molecule has 1 aromatic carbocycles. The second kappa shape index (κ2) is 6.62. The van der Waals surface area contributed by atoms with Crippen molar-refractivity contribution < 1.29 is 0 Å². The number of nitrogens with one attached hydrogen (secondary N) is 1. The minimum absolute atomic E-state index is 0.0903. The lowest BCUT2D eigenvalue weighted by molar-refractivity contribution is 0.424. The van der Waals surface area contributed by atoms with Crippen molar-refractivity contribution in [2.75, 3.05) is 18.5 Å². The predicted octanol–water partition coefficient (Wildman–Crippen LogP) is 4.32. The van der Waals surface area contributed by atoms with Gasteiger partial charge in [-0.2, -0.15) is 0 Å². The second-order valence-corrected chi connectivity index (χ2v) is 7.02. The highest BCUT2D eigenvalue weighted by Gasteiger charge is 2.15. The standard InChI is InChI=1S/C16H27ClN2/c1-12(2)11-19(6)15-9-7-8-14(17)13(15)10-18-16(3,4)5/h7-9,12,18H,10-11H2,1-6H3. The zero-order chi connectivity index (χ0) is 14.6. The maximum Gasteiger partial charge on any atom is 0.0471 e. The number of hydrogen-bond donors (Lipinski definition) is 1. The molecule has 1 N–H and O–H groups in total. The zero-order valence-corrected chi connectivity index (χ0v) is 13.8. The van der Waals surface area contributed by atoms with Crippen LogP contribution in [0.15, 0.2) is 18.2 Å². The molecule has 0 atom stereocenters. The number of nitrogens with zero attached hydrogens (tertiary/aromatic N) is 1. The molecule has 0 fully saturated rings. The Kier molecular flexibility index (Phi) is 5.69. The molecule has 19 heavy (non-hydrogen) atoms. The number of benzene rings is 1. The van der Waals surface area contributed by atoms with Gasteiger partial charge in [0.05, 0.1) is 0 Å². The molecule has 0 radical (unpaired) electrons. The summed E-state index contributed by atoms with van der Waals surface area (Å²) in [7, 11) is 2.13. The summed E-state index contributed by atoms with van der Waals surface area (Å²) in [4.78, 5) is 2.29. The first-order valence-corrected chi connectivity index (χ1v) is 7.32. The lowest BCUT2D eigenvalue weighted by Gasteiger charge is -2.27. The summed E-state index contributed by atoms with van der Waals surface area (Å²) in [6.07, 6.45) is 0. The van der Waals surface area contributed by atoms with Crippen LogP contribution in [0, 0.1) is 5.92 Å². The average molecular weight is 283 g/mol. The molecule has 0 bridgehead atoms. The van der Waals surface area contributed by atoms with Crippen molar-refractivity contribution in [3.8, 4) is 0 Å². The van der Waals surface area contributed by atoms with E-state index in [0.29, 0.717) is 5.92 Å². The maximum atomic E-state index is 6.37. The van der Waals surface area contributed by atoms with Gasteiger partial charge in [0.15, 0.2) is 0 Å². The van der Waals surface area contributed by atoms with Gasteiger partial charge in [-0.3, -0.25) is 0 Å². The van der Waals surface area contributed by atoms with Crippen LogP contribution in [0.3, 0.4) is 0 Å². The molecule has 0 saturated heterocycles. The molecule has 0 unspecified atom stereocenters. The molecule has 0 heterocycles. The summed E-state index contributed by atoms with van der Waals surface area (Å²) >= 11 is 6.37. The predicted molar refractivity (Wildman–Crippen MR) is 86.2 cm³/mol. The molecular weight excluding hydrogens is 256 g/mol. The lowest BCUT2D eigenvalue weighted by atomic mass is 10.1. The molecule has 0 aliphatic heterocycles. The summed E-state index contributed by atoms with van der Waals surface area (Å²) in [5, 5.41) is 4.35. The van der Waals surface area contributed by atoms with Crippen molar-refractivity contribution in [1.82, 2.24) is 5.32 Å². The van der Waals surface area contributed by atoms with Gasteiger partial charge >= 0.3 is 0 Å². The van der Waals surface area contributed by atoms with Crippen molar-refractivity contribution in [2.24, 2.45) is 5.92 Å². The fourth-order valence-electron chi connectivity index (χ4n) is 2.08. The van der Waals surface area contributed by atoms with E-state index in [2.05, 4.69) is 57.9 Å². The summed E-state index contributed by atoms with van der Waals surface area (Å²) in [6, 6.07) is 6.14. The van der Waals surface area contributed by atoms with Gasteiger partial charge in [0, 0.05) is 41.9 Å². The molecule has 0 aromatic heterocycles. The van der Waals surface area contributed by atoms with E-state index < -0.39 is 0 Å². The summed E-state index contributed by atoms with van der Waals surface area (Å²) in [6.45, 7) is 12.8. The Labute approximate surface area is 123 Å². The van der Waals surface area contributed by atoms with E-state index >= 15 is 0 Å². The highest BCUT2D eigenvalue weighted by atomic mass is 35.5. The topological polar surface area (TPSA) is 15.3 Å². The molecule has 108 valence electrons. The molecule has 0 spiro atoms. The fraction of sp³-hybridized carbons (Fsp3) is 0.625. The first kappa shape index (κ1) is 16.3. The van der Waals surface area contributed by atoms with Crippen molar-refractivity contribution in [1.29, 1.82) is 0 Å². The van der Waals surface area contributed by atoms with Gasteiger partial charge in [-0.15, -0.1) is 0 Å². The van der Waals surface area contributed by atoms with Crippen LogP contribution in [-0.4, -0.2) is 19.1 Å². The number of rotatable bonds is 5. The molecule has 0 amide bonds. The van der Waals surface area contributed by atoms with E-state index in [4.69, 9.17) is 11.6 Å². The Hall–Kier alpha value is -0.730. The number of hydrogen-bond acceptors (Lipinski definition) is 2. The Bertz CT molecular complexity index is 408. The molecule has 1 aromatic rings. The van der Waals surface area contributed by atoms with Crippen LogP contribution in [0.1, 0.15) is 40.2 Å². The molecule has 0 aliphatic carbocycles. The maximum absolute atomic E-state index is 6.37. The molecule has 0 saturated carbocycles. The van der Waals surface area contributed by atoms with Gasteiger partial charge in [0.1, 0.15) is 0 Å². The van der Waals surface area contributed by atoms with Crippen LogP contribution >= 0.6 is 11.6 Å². The normalized spacial score (nSPS) is 12.0. The minimum Gasteiger partial charge on any atom is -0.374 e. The summed E-state index contributed by atoms with van der Waals surface area (Å²) < 4.78 is 0. The second-order valence-electron chi connectivity index (χ2n) is 6.62. The molecular formula is C16H27ClN2. The largest absolute Gasteiger partial charge is 0.374 e. The smallest absolute Gasteiger partial charge is 0.0471 e. The van der Waals surface area contributed by atoms with Crippen LogP contribution in [0.5, 0.6) is 0 Å². The first-order valence-electron chi connectivity index (χ1n) is 6.94. The Morgan fingerprint density at radius 2 is 1.89 bits per heavy atom. The first-order chi connectivity index (χ1) is 8.70. The minimum atomic E-state index is 0.0903. The van der Waals surface area contributed by atoms with E-state index in [1.54, 1.807) is 0 Å². The Morgan fingerprint density at radius 3 is 2.42 bits per heavy atom. The van der Waals surface area contributed by atoms with Gasteiger partial charge in [-0.25, -0.2) is 0 Å². The average Bonchev–Trinajstić information content (AvgIpc) is 2.24. The van der Waals surface area contributed by atoms with Gasteiger partial charge in [-0.1, -0.05) is 31.5 Å². The third kappa shape index (κ3) is 5.42. The van der Waals surface area contributed by atoms with E-state index in [9.17, 15) is 0 Å². The zero-order valence-electron chi connectivity index (χ0n) is 13.0. The van der Waals surface area contributed by atoms with E-state index in [0.717, 1.165) is 18.1 Å². The van der Waals surface area contributed by atoms with Gasteiger partial charge in [0.2, 0.25) is 0 Å². The van der Waals surface area contributed by atoms with Crippen LogP contribution in [0.25, 0.3) is 0 Å². The van der Waals surface area contributed by atoms with Crippen LogP contribution in [0.2, 0.25) is 5.02 Å². The van der Waals surface area contributed by atoms with Gasteiger partial charge in [-0.05, 0) is 38.8 Å². The van der Waals surface area contributed by atoms with Crippen molar-refractivity contribution in [3.05, 3.63) is 28.8 Å². The van der Waals surface area contributed by atoms with Crippen molar-refractivity contribution in [2.45, 2.75) is 46.7 Å². The van der Waals surface area contributed by atoms with Gasteiger partial charge in [0.25, 0.3) is 0 Å². The van der Waals surface area contributed by atoms with Crippen LogP contribution in [-0.2, 0) is 6.54 Å². The lowest BCUT2D eigenvalue weighted by Crippen LogP contribution is -2.36. The Balaban J connectivity index is 2.95. The molecule has 2 nitrogen and oxygen atoms in total. The highest BCUT2D eigenvalue weighted by molar-refractivity contribution is 6.31. The van der Waals surface area contributed by atoms with Gasteiger partial charge < -0.3 is 10.2 Å². The number of halogens is 1. The van der Waals surface area contributed by atoms with Crippen molar-refractivity contribution >= 4 is 17.3 Å². The van der Waals surface area contributed by atoms with Crippen molar-refractivity contribution in [3.63, 3.8) is 0 Å². The van der Waals surface area contributed by atoms with E-state index in [1.807, 2.05) is 12.1 Å². The third-order valence-corrected chi connectivity index (χ3v) is 3.29. The SMILES string of the molecule is CC(C)CN(C)c1cccc(Cl)c1CNC(C)(C)C. The molecule has 0 aliphatic rings. The van der Waals surface area contributed by atoms with E-state index in [1.165, 1.54) is 11.3 Å². The Morgan fingerprint density at radius 1 is 1.26 bits per heavy atom. The van der Waals surface area contributed by atoms with Crippen LogP contribution < -0.4 is 10.2 Å². The fourth-order valence-corrected chi connectivity index (χ4v) is 2.32. The summed E-state index contributed by atoms with van der Waals surface area (Å²) in [5.41, 5.74) is 2.49. The van der Waals surface area contributed by atoms with Crippen LogP contribution in [0.4, 0.5) is 5.69 Å².